The van der Waals surface area contributed by atoms with Crippen LogP contribution in [0.5, 0.6) is 0 Å². The zero-order valence-corrected chi connectivity index (χ0v) is 11.8. The lowest BCUT2D eigenvalue weighted by atomic mass is 10.1. The van der Waals surface area contributed by atoms with E-state index < -0.39 is 0 Å². The van der Waals surface area contributed by atoms with Crippen molar-refractivity contribution >= 4 is 17.5 Å². The van der Waals surface area contributed by atoms with Gasteiger partial charge in [-0.1, -0.05) is 39.0 Å². The summed E-state index contributed by atoms with van der Waals surface area (Å²) < 4.78 is 0. The zero-order chi connectivity index (χ0) is 12.6. The maximum absolute atomic E-state index is 11.6. The van der Waals surface area contributed by atoms with Crippen LogP contribution < -0.4 is 5.32 Å². The molecule has 0 heterocycles. The van der Waals surface area contributed by atoms with Crippen LogP contribution in [0.25, 0.3) is 0 Å². The molecule has 0 bridgehead atoms. The molecule has 2 nitrogen and oxygen atoms in total. The van der Waals surface area contributed by atoms with Gasteiger partial charge in [-0.05, 0) is 19.3 Å². The third-order valence-electron chi connectivity index (χ3n) is 3.66. The summed E-state index contributed by atoms with van der Waals surface area (Å²) in [5.41, 5.74) is 0.248. The van der Waals surface area contributed by atoms with Crippen LogP contribution >= 0.6 is 11.6 Å². The smallest absolute Gasteiger partial charge is 0.220 e. The van der Waals surface area contributed by atoms with Crippen molar-refractivity contribution < 1.29 is 4.79 Å². The minimum Gasteiger partial charge on any atom is -0.356 e. The van der Waals surface area contributed by atoms with Crippen LogP contribution in [0, 0.1) is 5.41 Å². The first-order valence-corrected chi connectivity index (χ1v) is 7.58. The number of rotatable bonds is 10. The van der Waals surface area contributed by atoms with Crippen molar-refractivity contribution in [1.29, 1.82) is 0 Å². The van der Waals surface area contributed by atoms with E-state index in [4.69, 9.17) is 11.6 Å². The summed E-state index contributed by atoms with van der Waals surface area (Å²) in [5.74, 6) is 0.890. The summed E-state index contributed by atoms with van der Waals surface area (Å²) >= 11 is 5.86. The van der Waals surface area contributed by atoms with Crippen LogP contribution in [0.15, 0.2) is 0 Å². The standard InChI is InChI=1S/C14H26ClNO/c1-2-3-4-5-6-7-8-13(17)16-12-14(11-15)9-10-14/h2-12H2,1H3,(H,16,17). The number of hydrogen-bond acceptors (Lipinski definition) is 1. The van der Waals surface area contributed by atoms with Crippen LogP contribution in [0.3, 0.4) is 0 Å². The molecule has 1 aliphatic carbocycles. The lowest BCUT2D eigenvalue weighted by Crippen LogP contribution is -2.30. The van der Waals surface area contributed by atoms with E-state index in [1.807, 2.05) is 0 Å². The van der Waals surface area contributed by atoms with E-state index in [1.165, 1.54) is 44.9 Å². The van der Waals surface area contributed by atoms with E-state index in [9.17, 15) is 4.79 Å². The molecule has 0 aliphatic heterocycles. The van der Waals surface area contributed by atoms with Gasteiger partial charge in [-0.15, -0.1) is 11.6 Å². The predicted molar refractivity (Wildman–Crippen MR) is 73.4 cm³/mol. The Morgan fingerprint density at radius 3 is 2.41 bits per heavy atom. The van der Waals surface area contributed by atoms with E-state index in [0.717, 1.165) is 13.0 Å². The first-order chi connectivity index (χ1) is 8.22. The van der Waals surface area contributed by atoms with Gasteiger partial charge in [-0.2, -0.15) is 0 Å². The van der Waals surface area contributed by atoms with Gasteiger partial charge in [0.2, 0.25) is 5.91 Å². The number of alkyl halides is 1. The summed E-state index contributed by atoms with van der Waals surface area (Å²) in [7, 11) is 0. The van der Waals surface area contributed by atoms with Gasteiger partial charge >= 0.3 is 0 Å². The molecule has 0 radical (unpaired) electrons. The van der Waals surface area contributed by atoms with E-state index in [1.54, 1.807) is 0 Å². The monoisotopic (exact) mass is 259 g/mol. The number of carbonyl (C=O) groups is 1. The molecule has 1 rings (SSSR count). The van der Waals surface area contributed by atoms with Crippen molar-refractivity contribution in [2.45, 2.75) is 64.7 Å². The summed E-state index contributed by atoms with van der Waals surface area (Å²) in [5, 5.41) is 3.02. The molecule has 0 spiro atoms. The number of halogens is 1. The largest absolute Gasteiger partial charge is 0.356 e. The van der Waals surface area contributed by atoms with Crippen LogP contribution in [-0.2, 0) is 4.79 Å². The number of unbranched alkanes of at least 4 members (excludes halogenated alkanes) is 5. The molecule has 1 saturated carbocycles. The highest BCUT2D eigenvalue weighted by Crippen LogP contribution is 2.45. The number of carbonyl (C=O) groups excluding carboxylic acids is 1. The first-order valence-electron chi connectivity index (χ1n) is 7.05. The van der Waals surface area contributed by atoms with Gasteiger partial charge in [0.05, 0.1) is 0 Å². The van der Waals surface area contributed by atoms with E-state index in [-0.39, 0.29) is 11.3 Å². The molecule has 0 atom stereocenters. The minimum absolute atomic E-state index is 0.205. The number of nitrogens with one attached hydrogen (secondary N) is 1. The van der Waals surface area contributed by atoms with Crippen molar-refractivity contribution in [3.05, 3.63) is 0 Å². The molecule has 0 saturated heterocycles. The normalized spacial score (nSPS) is 16.8. The second-order valence-corrected chi connectivity index (χ2v) is 5.70. The lowest BCUT2D eigenvalue weighted by Gasteiger charge is -2.12. The highest BCUT2D eigenvalue weighted by atomic mass is 35.5. The Hall–Kier alpha value is -0.240. The highest BCUT2D eigenvalue weighted by molar-refractivity contribution is 6.18. The zero-order valence-electron chi connectivity index (χ0n) is 11.1. The summed E-state index contributed by atoms with van der Waals surface area (Å²) in [6.07, 6.45) is 10.4. The molecule has 1 amide bonds. The minimum atomic E-state index is 0.205. The maximum atomic E-state index is 11.6. The molecule has 17 heavy (non-hydrogen) atoms. The Morgan fingerprint density at radius 1 is 1.18 bits per heavy atom. The highest BCUT2D eigenvalue weighted by Gasteiger charge is 2.41. The number of hydrogen-bond donors (Lipinski definition) is 1. The Bertz CT molecular complexity index is 226. The van der Waals surface area contributed by atoms with Crippen LogP contribution in [0.2, 0.25) is 0 Å². The Kier molecular flexibility index (Phi) is 6.94. The first kappa shape index (κ1) is 14.8. The fraction of sp³-hybridized carbons (Fsp3) is 0.929. The summed E-state index contributed by atoms with van der Waals surface area (Å²) in [6, 6.07) is 0. The summed E-state index contributed by atoms with van der Waals surface area (Å²) in [6.45, 7) is 3.00. The van der Waals surface area contributed by atoms with E-state index in [0.29, 0.717) is 12.3 Å². The molecular weight excluding hydrogens is 234 g/mol. The van der Waals surface area contributed by atoms with Crippen LogP contribution in [-0.4, -0.2) is 18.3 Å². The van der Waals surface area contributed by atoms with Gasteiger partial charge in [-0.3, -0.25) is 4.79 Å². The van der Waals surface area contributed by atoms with Gasteiger partial charge in [0.15, 0.2) is 0 Å². The molecule has 100 valence electrons. The molecule has 0 aromatic carbocycles. The molecule has 0 unspecified atom stereocenters. The SMILES string of the molecule is CCCCCCCCC(=O)NCC1(CCl)CC1. The average molecular weight is 260 g/mol. The maximum Gasteiger partial charge on any atom is 0.220 e. The third kappa shape index (κ3) is 6.30. The Morgan fingerprint density at radius 2 is 1.82 bits per heavy atom. The molecule has 1 fully saturated rings. The second kappa shape index (κ2) is 7.97. The van der Waals surface area contributed by atoms with Crippen molar-refractivity contribution in [1.82, 2.24) is 5.32 Å². The van der Waals surface area contributed by atoms with Crippen molar-refractivity contribution in [3.8, 4) is 0 Å². The second-order valence-electron chi connectivity index (χ2n) is 5.43. The van der Waals surface area contributed by atoms with Gasteiger partial charge in [0.25, 0.3) is 0 Å². The lowest BCUT2D eigenvalue weighted by molar-refractivity contribution is -0.121. The quantitative estimate of drug-likeness (QED) is 0.468. The van der Waals surface area contributed by atoms with Gasteiger partial charge in [0, 0.05) is 24.3 Å². The Balaban J connectivity index is 1.91. The fourth-order valence-electron chi connectivity index (χ4n) is 1.97. The van der Waals surface area contributed by atoms with Crippen molar-refractivity contribution in [3.63, 3.8) is 0 Å². The van der Waals surface area contributed by atoms with Crippen LogP contribution in [0.4, 0.5) is 0 Å². The van der Waals surface area contributed by atoms with Crippen molar-refractivity contribution in [2.75, 3.05) is 12.4 Å². The predicted octanol–water partition coefficient (Wildman–Crippen LogP) is 3.87. The van der Waals surface area contributed by atoms with Gasteiger partial charge in [-0.25, -0.2) is 0 Å². The van der Waals surface area contributed by atoms with Gasteiger partial charge < -0.3 is 5.32 Å². The van der Waals surface area contributed by atoms with Gasteiger partial charge in [0.1, 0.15) is 0 Å². The molecular formula is C14H26ClNO. The van der Waals surface area contributed by atoms with E-state index >= 15 is 0 Å². The summed E-state index contributed by atoms with van der Waals surface area (Å²) in [4.78, 5) is 11.6. The fourth-order valence-corrected chi connectivity index (χ4v) is 2.34. The molecule has 3 heteroatoms. The molecule has 0 aromatic rings. The van der Waals surface area contributed by atoms with E-state index in [2.05, 4.69) is 12.2 Å². The van der Waals surface area contributed by atoms with Crippen LogP contribution in [0.1, 0.15) is 64.7 Å². The average Bonchev–Trinajstić information content (AvgIpc) is 3.12. The topological polar surface area (TPSA) is 29.1 Å². The molecule has 1 N–H and O–H groups in total. The Labute approximate surface area is 110 Å². The molecule has 0 aromatic heterocycles. The third-order valence-corrected chi connectivity index (χ3v) is 4.23. The number of amides is 1. The molecule has 1 aliphatic rings. The van der Waals surface area contributed by atoms with Crippen molar-refractivity contribution in [2.24, 2.45) is 5.41 Å².